The summed E-state index contributed by atoms with van der Waals surface area (Å²) in [6.07, 6.45) is 5.80. The van der Waals surface area contributed by atoms with Gasteiger partial charge in [-0.25, -0.2) is 4.79 Å². The Morgan fingerprint density at radius 3 is 2.59 bits per heavy atom. The number of ether oxygens (including phenoxy) is 1. The molecule has 1 fully saturated rings. The number of hydrogen-bond acceptors (Lipinski definition) is 4. The fraction of sp³-hybridized carbons (Fsp3) is 0.917. The quantitative estimate of drug-likeness (QED) is 0.570. The number of carboxylic acid groups (broad SMARTS) is 1. The van der Waals surface area contributed by atoms with E-state index in [-0.39, 0.29) is 4.75 Å². The second-order valence-electron chi connectivity index (χ2n) is 4.70. The Morgan fingerprint density at radius 2 is 2.06 bits per heavy atom. The Hall–Kier alpha value is -0.0300. The standard InChI is InChI=1S/C12H22O3S2/c1-3-10(2)16-17-12(9-15-11(13)14)7-5-4-6-8-12/h10H,3-9H2,1-2H3,(H,13,14). The molecule has 1 aliphatic rings. The molecule has 1 rings (SSSR count). The van der Waals surface area contributed by atoms with Crippen LogP contribution in [0.1, 0.15) is 52.4 Å². The molecule has 1 unspecified atom stereocenters. The number of hydrogen-bond donors (Lipinski definition) is 1. The molecular formula is C12H22O3S2. The van der Waals surface area contributed by atoms with Crippen molar-refractivity contribution in [2.75, 3.05) is 6.61 Å². The maximum atomic E-state index is 10.5. The normalized spacial score (nSPS) is 20.8. The molecule has 0 saturated heterocycles. The van der Waals surface area contributed by atoms with Gasteiger partial charge >= 0.3 is 6.16 Å². The molecular weight excluding hydrogens is 256 g/mol. The minimum absolute atomic E-state index is 0.0186. The topological polar surface area (TPSA) is 46.5 Å². The van der Waals surface area contributed by atoms with E-state index in [1.807, 2.05) is 21.6 Å². The maximum absolute atomic E-state index is 10.5. The first-order valence-corrected chi connectivity index (χ1v) is 8.49. The summed E-state index contributed by atoms with van der Waals surface area (Å²) in [5, 5.41) is 9.26. The Bertz CT molecular complexity index is 240. The number of rotatable bonds is 6. The predicted octanol–water partition coefficient (Wildman–Crippen LogP) is 4.56. The van der Waals surface area contributed by atoms with Crippen LogP contribution in [-0.4, -0.2) is 27.9 Å². The van der Waals surface area contributed by atoms with Crippen molar-refractivity contribution >= 4 is 27.7 Å². The van der Waals surface area contributed by atoms with Crippen molar-refractivity contribution in [2.24, 2.45) is 0 Å². The SMILES string of the molecule is CCC(C)SSC1(COC(=O)O)CCCCC1. The Labute approximate surface area is 111 Å². The maximum Gasteiger partial charge on any atom is 0.505 e. The monoisotopic (exact) mass is 278 g/mol. The molecule has 0 aromatic rings. The highest BCUT2D eigenvalue weighted by atomic mass is 33.1. The first kappa shape index (κ1) is 15.0. The predicted molar refractivity (Wildman–Crippen MR) is 74.7 cm³/mol. The third-order valence-electron chi connectivity index (χ3n) is 3.19. The van der Waals surface area contributed by atoms with E-state index in [2.05, 4.69) is 13.8 Å². The van der Waals surface area contributed by atoms with Gasteiger partial charge in [0.2, 0.25) is 0 Å². The summed E-state index contributed by atoms with van der Waals surface area (Å²) >= 11 is 0. The van der Waals surface area contributed by atoms with Gasteiger partial charge in [0.25, 0.3) is 0 Å². The van der Waals surface area contributed by atoms with Crippen molar-refractivity contribution in [1.82, 2.24) is 0 Å². The second-order valence-corrected chi connectivity index (χ2v) is 7.80. The van der Waals surface area contributed by atoms with Gasteiger partial charge in [-0.1, -0.05) is 54.7 Å². The fourth-order valence-electron chi connectivity index (χ4n) is 1.89. The molecule has 17 heavy (non-hydrogen) atoms. The largest absolute Gasteiger partial charge is 0.505 e. The van der Waals surface area contributed by atoms with E-state index in [0.29, 0.717) is 11.9 Å². The van der Waals surface area contributed by atoms with Crippen molar-refractivity contribution in [2.45, 2.75) is 62.4 Å². The molecule has 5 heteroatoms. The molecule has 1 atom stereocenters. The molecule has 0 bridgehead atoms. The van der Waals surface area contributed by atoms with Crippen LogP contribution in [0.4, 0.5) is 4.79 Å². The van der Waals surface area contributed by atoms with Crippen molar-refractivity contribution in [3.63, 3.8) is 0 Å². The van der Waals surface area contributed by atoms with E-state index >= 15 is 0 Å². The molecule has 0 spiro atoms. The van der Waals surface area contributed by atoms with E-state index in [1.165, 1.54) is 19.3 Å². The highest BCUT2D eigenvalue weighted by Crippen LogP contribution is 2.47. The summed E-state index contributed by atoms with van der Waals surface area (Å²) in [5.74, 6) is 0. The Balaban J connectivity index is 2.48. The van der Waals surface area contributed by atoms with Gasteiger partial charge in [-0.05, 0) is 19.3 Å². The highest BCUT2D eigenvalue weighted by Gasteiger charge is 2.35. The minimum Gasteiger partial charge on any atom is -0.450 e. The molecule has 0 heterocycles. The molecule has 0 radical (unpaired) electrons. The molecule has 0 aromatic carbocycles. The van der Waals surface area contributed by atoms with E-state index in [1.54, 1.807) is 0 Å². The Kier molecular flexibility index (Phi) is 6.55. The molecule has 100 valence electrons. The zero-order chi connectivity index (χ0) is 12.7. The van der Waals surface area contributed by atoms with Gasteiger partial charge in [0.15, 0.2) is 0 Å². The lowest BCUT2D eigenvalue weighted by atomic mass is 9.89. The van der Waals surface area contributed by atoms with Crippen LogP contribution in [0.15, 0.2) is 0 Å². The zero-order valence-corrected chi connectivity index (χ0v) is 12.2. The minimum atomic E-state index is -1.15. The van der Waals surface area contributed by atoms with Crippen LogP contribution in [0.5, 0.6) is 0 Å². The van der Waals surface area contributed by atoms with Crippen LogP contribution in [0, 0.1) is 0 Å². The summed E-state index contributed by atoms with van der Waals surface area (Å²) in [6.45, 7) is 4.74. The van der Waals surface area contributed by atoms with E-state index in [4.69, 9.17) is 9.84 Å². The first-order chi connectivity index (χ1) is 8.08. The van der Waals surface area contributed by atoms with E-state index in [0.717, 1.165) is 19.3 Å². The van der Waals surface area contributed by atoms with Crippen LogP contribution in [0.25, 0.3) is 0 Å². The lowest BCUT2D eigenvalue weighted by Gasteiger charge is -2.35. The van der Waals surface area contributed by atoms with Crippen LogP contribution in [-0.2, 0) is 4.74 Å². The third kappa shape index (κ3) is 5.42. The van der Waals surface area contributed by atoms with Gasteiger partial charge < -0.3 is 9.84 Å². The summed E-state index contributed by atoms with van der Waals surface area (Å²) in [4.78, 5) is 10.5. The smallest absolute Gasteiger partial charge is 0.450 e. The van der Waals surface area contributed by atoms with Crippen molar-refractivity contribution < 1.29 is 14.6 Å². The first-order valence-electron chi connectivity index (χ1n) is 6.28. The molecule has 0 aromatic heterocycles. The highest BCUT2D eigenvalue weighted by molar-refractivity contribution is 8.77. The average Bonchev–Trinajstić information content (AvgIpc) is 2.35. The van der Waals surface area contributed by atoms with Crippen LogP contribution >= 0.6 is 21.6 Å². The van der Waals surface area contributed by atoms with Gasteiger partial charge in [-0.15, -0.1) is 0 Å². The van der Waals surface area contributed by atoms with Crippen molar-refractivity contribution in [3.05, 3.63) is 0 Å². The van der Waals surface area contributed by atoms with Crippen molar-refractivity contribution in [3.8, 4) is 0 Å². The van der Waals surface area contributed by atoms with Gasteiger partial charge in [-0.3, -0.25) is 0 Å². The summed E-state index contributed by atoms with van der Waals surface area (Å²) in [5.41, 5.74) is 0. The Morgan fingerprint density at radius 1 is 1.41 bits per heavy atom. The lowest BCUT2D eigenvalue weighted by Crippen LogP contribution is -2.33. The molecule has 0 aliphatic heterocycles. The summed E-state index contributed by atoms with van der Waals surface area (Å²) in [6, 6.07) is 0. The van der Waals surface area contributed by atoms with Crippen LogP contribution in [0.2, 0.25) is 0 Å². The summed E-state index contributed by atoms with van der Waals surface area (Å²) in [7, 11) is 3.72. The summed E-state index contributed by atoms with van der Waals surface area (Å²) < 4.78 is 4.85. The van der Waals surface area contributed by atoms with E-state index in [9.17, 15) is 4.79 Å². The second kappa shape index (κ2) is 7.41. The van der Waals surface area contributed by atoms with Gasteiger partial charge in [0.1, 0.15) is 6.61 Å². The number of carbonyl (C=O) groups is 1. The van der Waals surface area contributed by atoms with Gasteiger partial charge in [0.05, 0.1) is 4.75 Å². The fourth-order valence-corrected chi connectivity index (χ4v) is 5.12. The van der Waals surface area contributed by atoms with Crippen LogP contribution in [0.3, 0.4) is 0 Å². The van der Waals surface area contributed by atoms with Gasteiger partial charge in [-0.2, -0.15) is 0 Å². The molecule has 1 saturated carbocycles. The third-order valence-corrected chi connectivity index (χ3v) is 7.16. The zero-order valence-electron chi connectivity index (χ0n) is 10.6. The average molecular weight is 278 g/mol. The van der Waals surface area contributed by atoms with E-state index < -0.39 is 6.16 Å². The molecule has 1 aliphatic carbocycles. The van der Waals surface area contributed by atoms with Crippen molar-refractivity contribution in [1.29, 1.82) is 0 Å². The lowest BCUT2D eigenvalue weighted by molar-refractivity contribution is 0.0773. The van der Waals surface area contributed by atoms with Crippen LogP contribution < -0.4 is 0 Å². The molecule has 0 amide bonds. The van der Waals surface area contributed by atoms with Gasteiger partial charge in [0, 0.05) is 5.25 Å². The molecule has 3 nitrogen and oxygen atoms in total. The molecule has 1 N–H and O–H groups in total.